The maximum atomic E-state index is 5.04. The maximum Gasteiger partial charge on any atom is 0.0575 e. The molecule has 2 heteroatoms. The van der Waals surface area contributed by atoms with Crippen molar-refractivity contribution < 1.29 is 0 Å². The lowest BCUT2D eigenvalue weighted by Gasteiger charge is -2.51. The first kappa shape index (κ1) is 43.7. The van der Waals surface area contributed by atoms with Crippen LogP contribution in [0.3, 0.4) is 0 Å². The fourth-order valence-corrected chi connectivity index (χ4v) is 14.0. The first-order valence-corrected chi connectivity index (χ1v) is 25.0. The Balaban J connectivity index is 1.28. The number of rotatable bonds is 22. The summed E-state index contributed by atoms with van der Waals surface area (Å²) in [7, 11) is 2.12. The number of nitrogens with one attached hydrogen (secondary N) is 1. The number of hydrogen-bond acceptors (Lipinski definition) is 2. The zero-order valence-electron chi connectivity index (χ0n) is 37.0. The predicted molar refractivity (Wildman–Crippen MR) is 234 cm³/mol. The summed E-state index contributed by atoms with van der Waals surface area (Å²) in [4.78, 5) is 5.04. The van der Waals surface area contributed by atoms with E-state index in [4.69, 9.17) is 4.99 Å². The molecular formula is C51H94N2. The monoisotopic (exact) mass is 735 g/mol. The van der Waals surface area contributed by atoms with E-state index >= 15 is 0 Å². The molecule has 14 atom stereocenters. The summed E-state index contributed by atoms with van der Waals surface area (Å²) >= 11 is 0. The van der Waals surface area contributed by atoms with E-state index in [0.29, 0.717) is 6.04 Å². The van der Waals surface area contributed by atoms with E-state index in [1.54, 1.807) is 44.9 Å². The van der Waals surface area contributed by atoms with Gasteiger partial charge >= 0.3 is 0 Å². The Morgan fingerprint density at radius 2 is 1.42 bits per heavy atom. The van der Waals surface area contributed by atoms with Crippen LogP contribution in [0, 0.1) is 82.9 Å². The van der Waals surface area contributed by atoms with Gasteiger partial charge < -0.3 is 5.32 Å². The Bertz CT molecular complexity index is 998. The van der Waals surface area contributed by atoms with Crippen LogP contribution in [0.4, 0.5) is 0 Å². The molecule has 4 fully saturated rings. The SMILES string of the molecule is CCCCCC(C)CCC1CC(C2CC(C(CC)CCC3CCCC(C4CCCCC4)C3)C(C)C(C(C)C(CCCCNC)C3CC=N3)C2)CCC1C. The van der Waals surface area contributed by atoms with Crippen molar-refractivity contribution in [3.05, 3.63) is 0 Å². The van der Waals surface area contributed by atoms with Crippen LogP contribution in [0.5, 0.6) is 0 Å². The Kier molecular flexibility index (Phi) is 19.1. The lowest BCUT2D eigenvalue weighted by Crippen LogP contribution is -2.44. The summed E-state index contributed by atoms with van der Waals surface area (Å²) in [5.41, 5.74) is 0. The van der Waals surface area contributed by atoms with Crippen LogP contribution in [0.2, 0.25) is 0 Å². The first-order chi connectivity index (χ1) is 25.8. The van der Waals surface area contributed by atoms with Crippen LogP contribution in [0.15, 0.2) is 4.99 Å². The van der Waals surface area contributed by atoms with E-state index in [1.165, 1.54) is 135 Å². The van der Waals surface area contributed by atoms with E-state index < -0.39 is 0 Å². The molecule has 0 spiro atoms. The first-order valence-electron chi connectivity index (χ1n) is 25.0. The second-order valence-electron chi connectivity index (χ2n) is 21.1. The van der Waals surface area contributed by atoms with Crippen molar-refractivity contribution >= 4 is 6.21 Å². The third kappa shape index (κ3) is 12.8. The molecule has 0 bridgehead atoms. The smallest absolute Gasteiger partial charge is 0.0575 e. The third-order valence-electron chi connectivity index (χ3n) is 17.8. The minimum Gasteiger partial charge on any atom is -0.320 e. The lowest BCUT2D eigenvalue weighted by atomic mass is 9.54. The molecule has 0 aromatic rings. The fourth-order valence-electron chi connectivity index (χ4n) is 14.0. The highest BCUT2D eigenvalue weighted by molar-refractivity contribution is 5.64. The zero-order valence-corrected chi connectivity index (χ0v) is 37.0. The average Bonchev–Trinajstić information content (AvgIpc) is 3.16. The van der Waals surface area contributed by atoms with Crippen molar-refractivity contribution in [1.82, 2.24) is 5.32 Å². The van der Waals surface area contributed by atoms with Gasteiger partial charge in [0.25, 0.3) is 0 Å². The van der Waals surface area contributed by atoms with Gasteiger partial charge in [-0.2, -0.15) is 0 Å². The minimum atomic E-state index is 0.607. The van der Waals surface area contributed by atoms with E-state index in [2.05, 4.69) is 60.1 Å². The highest BCUT2D eigenvalue weighted by Gasteiger charge is 2.46. The molecule has 4 aliphatic carbocycles. The summed E-state index contributed by atoms with van der Waals surface area (Å²) in [5.74, 6) is 13.2. The normalized spacial score (nSPS) is 36.4. The van der Waals surface area contributed by atoms with E-state index in [-0.39, 0.29) is 0 Å². The third-order valence-corrected chi connectivity index (χ3v) is 17.8. The number of unbranched alkanes of at least 4 members (excludes halogenated alkanes) is 3. The van der Waals surface area contributed by atoms with Gasteiger partial charge in [0, 0.05) is 12.6 Å². The van der Waals surface area contributed by atoms with Crippen molar-refractivity contribution in [1.29, 1.82) is 0 Å². The van der Waals surface area contributed by atoms with Gasteiger partial charge in [0.1, 0.15) is 0 Å². The molecule has 0 aromatic carbocycles. The maximum absolute atomic E-state index is 5.04. The van der Waals surface area contributed by atoms with Gasteiger partial charge in [0.05, 0.1) is 6.04 Å². The second-order valence-corrected chi connectivity index (χ2v) is 21.1. The van der Waals surface area contributed by atoms with Gasteiger partial charge in [-0.3, -0.25) is 4.99 Å². The molecule has 5 rings (SSSR count). The van der Waals surface area contributed by atoms with Crippen molar-refractivity contribution in [2.24, 2.45) is 87.8 Å². The van der Waals surface area contributed by atoms with Gasteiger partial charge in [0.2, 0.25) is 0 Å². The molecule has 4 saturated carbocycles. The fraction of sp³-hybridized carbons (Fsp3) is 0.980. The van der Waals surface area contributed by atoms with E-state index in [9.17, 15) is 0 Å². The van der Waals surface area contributed by atoms with Gasteiger partial charge in [-0.1, -0.05) is 151 Å². The van der Waals surface area contributed by atoms with Gasteiger partial charge in [-0.25, -0.2) is 0 Å². The minimum absolute atomic E-state index is 0.607. The Morgan fingerprint density at radius 1 is 0.679 bits per heavy atom. The molecular weight excluding hydrogens is 641 g/mol. The highest BCUT2D eigenvalue weighted by atomic mass is 14.9. The van der Waals surface area contributed by atoms with Gasteiger partial charge in [0.15, 0.2) is 0 Å². The molecule has 14 unspecified atom stereocenters. The molecule has 0 saturated heterocycles. The quantitative estimate of drug-likeness (QED) is 0.110. The number of aliphatic imine (C=N–C) groups is 1. The van der Waals surface area contributed by atoms with Crippen LogP contribution in [-0.2, 0) is 0 Å². The second kappa shape index (κ2) is 23.1. The van der Waals surface area contributed by atoms with Crippen molar-refractivity contribution in [3.63, 3.8) is 0 Å². The van der Waals surface area contributed by atoms with Gasteiger partial charge in [-0.15, -0.1) is 0 Å². The molecule has 0 aromatic heterocycles. The summed E-state index contributed by atoms with van der Waals surface area (Å²) in [6.45, 7) is 16.8. The average molecular weight is 735 g/mol. The topological polar surface area (TPSA) is 24.4 Å². The number of hydrogen-bond donors (Lipinski definition) is 1. The summed E-state index contributed by atoms with van der Waals surface area (Å²) in [6.07, 6.45) is 42.3. The molecule has 1 N–H and O–H groups in total. The van der Waals surface area contributed by atoms with Crippen molar-refractivity contribution in [2.45, 2.75) is 221 Å². The molecule has 5 aliphatic rings. The molecule has 0 radical (unpaired) electrons. The number of nitrogens with zero attached hydrogens (tertiary/aromatic N) is 1. The van der Waals surface area contributed by atoms with Crippen molar-refractivity contribution in [2.75, 3.05) is 13.6 Å². The van der Waals surface area contributed by atoms with Crippen molar-refractivity contribution in [3.8, 4) is 0 Å². The summed E-state index contributed by atoms with van der Waals surface area (Å²) in [5, 5.41) is 3.42. The zero-order chi connectivity index (χ0) is 37.6. The Labute approximate surface area is 332 Å². The van der Waals surface area contributed by atoms with Crippen LogP contribution < -0.4 is 5.32 Å². The Morgan fingerprint density at radius 3 is 2.13 bits per heavy atom. The van der Waals surface area contributed by atoms with Crippen LogP contribution >= 0.6 is 0 Å². The van der Waals surface area contributed by atoms with Crippen LogP contribution in [0.25, 0.3) is 0 Å². The Hall–Kier alpha value is -0.370. The molecule has 2 nitrogen and oxygen atoms in total. The predicted octanol–water partition coefficient (Wildman–Crippen LogP) is 15.0. The van der Waals surface area contributed by atoms with E-state index in [0.717, 1.165) is 82.9 Å². The lowest BCUT2D eigenvalue weighted by molar-refractivity contribution is -0.0147. The largest absolute Gasteiger partial charge is 0.320 e. The molecule has 308 valence electrons. The molecule has 1 aliphatic heterocycles. The van der Waals surface area contributed by atoms with E-state index in [1.807, 2.05) is 0 Å². The highest BCUT2D eigenvalue weighted by Crippen LogP contribution is 2.54. The molecule has 0 amide bonds. The van der Waals surface area contributed by atoms with Gasteiger partial charge in [-0.05, 0) is 154 Å². The van der Waals surface area contributed by atoms with Crippen LogP contribution in [0.1, 0.15) is 215 Å². The molecule has 1 heterocycles. The molecule has 53 heavy (non-hydrogen) atoms. The summed E-state index contributed by atoms with van der Waals surface area (Å²) in [6, 6.07) is 0.607. The summed E-state index contributed by atoms with van der Waals surface area (Å²) < 4.78 is 0. The van der Waals surface area contributed by atoms with Crippen LogP contribution in [-0.4, -0.2) is 25.8 Å². The standard InChI is InChI=1S/C51H94N2/c1-8-10-12-18-37(3)24-27-44-34-46(28-25-38(44)4)47-35-49(39(5)48(51-30-32-53-51)23-15-16-31-52-7)40(6)50(36-47)42(9-2)29-26-41-19-17-22-45(33-41)43-20-13-11-14-21-43/h32,37-52H,8-31,33-36H2,1-7H3.